The first-order valence-corrected chi connectivity index (χ1v) is 6.09. The Morgan fingerprint density at radius 1 is 0.688 bits per heavy atom. The molecule has 0 heteroatoms. The zero-order valence-corrected chi connectivity index (χ0v) is 9.19. The van der Waals surface area contributed by atoms with E-state index in [-0.39, 0.29) is 0 Å². The Bertz CT molecular complexity index is 482. The van der Waals surface area contributed by atoms with Crippen LogP contribution in [-0.4, -0.2) is 0 Å². The Morgan fingerprint density at radius 3 is 1.69 bits per heavy atom. The molecule has 0 bridgehead atoms. The van der Waals surface area contributed by atoms with E-state index in [2.05, 4.69) is 48.6 Å². The molecule has 0 saturated heterocycles. The summed E-state index contributed by atoms with van der Waals surface area (Å²) in [5.41, 5.74) is 6.29. The molecule has 2 unspecified atom stereocenters. The van der Waals surface area contributed by atoms with Crippen molar-refractivity contribution < 1.29 is 0 Å². The summed E-state index contributed by atoms with van der Waals surface area (Å²) in [5.74, 6) is 1.30. The van der Waals surface area contributed by atoms with Crippen molar-refractivity contribution in [2.75, 3.05) is 0 Å². The van der Waals surface area contributed by atoms with E-state index >= 15 is 0 Å². The van der Waals surface area contributed by atoms with E-state index in [1.807, 2.05) is 0 Å². The molecule has 0 amide bonds. The minimum absolute atomic E-state index is 0.648. The lowest BCUT2D eigenvalue weighted by atomic mass is 9.62. The Morgan fingerprint density at radius 2 is 1.19 bits per heavy atom. The fourth-order valence-corrected chi connectivity index (χ4v) is 3.50. The Kier molecular flexibility index (Phi) is 1.59. The predicted molar refractivity (Wildman–Crippen MR) is 66.8 cm³/mol. The number of hydrogen-bond acceptors (Lipinski definition) is 0. The van der Waals surface area contributed by atoms with Crippen LogP contribution in [0.25, 0.3) is 0 Å². The predicted octanol–water partition coefficient (Wildman–Crippen LogP) is 3.87. The van der Waals surface area contributed by atoms with Gasteiger partial charge < -0.3 is 0 Å². The second-order valence-electron chi connectivity index (χ2n) is 4.99. The third kappa shape index (κ3) is 0.996. The van der Waals surface area contributed by atoms with Crippen molar-refractivity contribution in [3.8, 4) is 0 Å². The highest BCUT2D eigenvalue weighted by Crippen LogP contribution is 2.50. The van der Waals surface area contributed by atoms with Gasteiger partial charge in [0.25, 0.3) is 0 Å². The zero-order chi connectivity index (χ0) is 10.5. The molecule has 4 aliphatic carbocycles. The molecule has 0 N–H and O–H groups in total. The molecule has 0 heterocycles. The molecule has 0 nitrogen and oxygen atoms in total. The van der Waals surface area contributed by atoms with Crippen molar-refractivity contribution in [2.24, 2.45) is 11.8 Å². The summed E-state index contributed by atoms with van der Waals surface area (Å²) >= 11 is 0. The van der Waals surface area contributed by atoms with Crippen LogP contribution >= 0.6 is 0 Å². The first-order chi connectivity index (χ1) is 7.93. The molecule has 0 aromatic rings. The minimum Gasteiger partial charge on any atom is -0.0624 e. The summed E-state index contributed by atoms with van der Waals surface area (Å²) in [6.45, 7) is 0. The fourth-order valence-electron chi connectivity index (χ4n) is 3.50. The van der Waals surface area contributed by atoms with Gasteiger partial charge >= 0.3 is 0 Å². The van der Waals surface area contributed by atoms with E-state index in [0.717, 1.165) is 0 Å². The van der Waals surface area contributed by atoms with Gasteiger partial charge in [0, 0.05) is 11.8 Å². The second-order valence-corrected chi connectivity index (χ2v) is 4.99. The Hall–Kier alpha value is -1.56. The summed E-state index contributed by atoms with van der Waals surface area (Å²) in [4.78, 5) is 0. The highest BCUT2D eigenvalue weighted by atomic mass is 14.4. The monoisotopic (exact) mass is 206 g/mol. The Balaban J connectivity index is 1.95. The van der Waals surface area contributed by atoms with Gasteiger partial charge in [-0.2, -0.15) is 0 Å². The lowest BCUT2D eigenvalue weighted by molar-refractivity contribution is 0.480. The first kappa shape index (κ1) is 8.58. The van der Waals surface area contributed by atoms with E-state index < -0.39 is 0 Å². The van der Waals surface area contributed by atoms with Crippen LogP contribution in [0.2, 0.25) is 0 Å². The van der Waals surface area contributed by atoms with Crippen LogP contribution in [0.3, 0.4) is 0 Å². The smallest absolute Gasteiger partial charge is 0.0158 e. The molecule has 78 valence electrons. The lowest BCUT2D eigenvalue weighted by Gasteiger charge is -2.42. The van der Waals surface area contributed by atoms with Crippen molar-refractivity contribution in [2.45, 2.75) is 12.8 Å². The minimum atomic E-state index is 0.648. The van der Waals surface area contributed by atoms with Crippen LogP contribution in [0, 0.1) is 11.8 Å². The van der Waals surface area contributed by atoms with E-state index in [1.54, 1.807) is 11.1 Å². The molecule has 2 atom stereocenters. The van der Waals surface area contributed by atoms with E-state index in [1.165, 1.54) is 24.0 Å². The summed E-state index contributed by atoms with van der Waals surface area (Å²) in [6.07, 6.45) is 20.8. The largest absolute Gasteiger partial charge is 0.0624 e. The molecule has 0 aromatic carbocycles. The highest BCUT2D eigenvalue weighted by Gasteiger charge is 2.38. The number of allylic oxidation sites excluding steroid dienone is 12. The molecular weight excluding hydrogens is 192 g/mol. The van der Waals surface area contributed by atoms with Crippen LogP contribution in [0.5, 0.6) is 0 Å². The molecule has 0 spiro atoms. The van der Waals surface area contributed by atoms with Crippen LogP contribution in [0.1, 0.15) is 12.8 Å². The quantitative estimate of drug-likeness (QED) is 0.564. The summed E-state index contributed by atoms with van der Waals surface area (Å²) in [7, 11) is 0. The standard InChI is InChI=1S/C16H14/c1-3-11-7-9-13-5-2-6-14-10-8-12(4-1)15(11)16(13)14/h1-7,9,15-16H,8,10H2. The van der Waals surface area contributed by atoms with Gasteiger partial charge in [0.2, 0.25) is 0 Å². The van der Waals surface area contributed by atoms with Gasteiger partial charge in [-0.25, -0.2) is 0 Å². The van der Waals surface area contributed by atoms with E-state index in [9.17, 15) is 0 Å². The van der Waals surface area contributed by atoms with Gasteiger partial charge in [-0.05, 0) is 24.0 Å². The van der Waals surface area contributed by atoms with Crippen molar-refractivity contribution in [1.82, 2.24) is 0 Å². The zero-order valence-electron chi connectivity index (χ0n) is 9.19. The first-order valence-electron chi connectivity index (χ1n) is 6.09. The average molecular weight is 206 g/mol. The van der Waals surface area contributed by atoms with Gasteiger partial charge in [0.05, 0.1) is 0 Å². The normalized spacial score (nSPS) is 33.5. The van der Waals surface area contributed by atoms with Crippen LogP contribution in [0.15, 0.2) is 70.9 Å². The molecule has 0 aromatic heterocycles. The summed E-state index contributed by atoms with van der Waals surface area (Å²) in [6, 6.07) is 0. The maximum Gasteiger partial charge on any atom is 0.0158 e. The molecule has 0 aliphatic heterocycles. The van der Waals surface area contributed by atoms with Gasteiger partial charge in [-0.3, -0.25) is 0 Å². The number of rotatable bonds is 0. The molecule has 0 radical (unpaired) electrons. The van der Waals surface area contributed by atoms with Gasteiger partial charge in [0.1, 0.15) is 0 Å². The molecule has 1 saturated carbocycles. The molecular formula is C16H14. The van der Waals surface area contributed by atoms with E-state index in [4.69, 9.17) is 0 Å². The number of hydrogen-bond donors (Lipinski definition) is 0. The van der Waals surface area contributed by atoms with Crippen LogP contribution in [-0.2, 0) is 0 Å². The highest BCUT2D eigenvalue weighted by molar-refractivity contribution is 5.54. The maximum absolute atomic E-state index is 2.33. The van der Waals surface area contributed by atoms with Crippen LogP contribution in [0.4, 0.5) is 0 Å². The van der Waals surface area contributed by atoms with Gasteiger partial charge in [-0.1, -0.05) is 59.8 Å². The maximum atomic E-state index is 2.33. The summed E-state index contributed by atoms with van der Waals surface area (Å²) < 4.78 is 0. The molecule has 4 rings (SSSR count). The average Bonchev–Trinajstić information content (AvgIpc) is 2.36. The van der Waals surface area contributed by atoms with Crippen molar-refractivity contribution >= 4 is 0 Å². The third-order valence-electron chi connectivity index (χ3n) is 4.22. The third-order valence-corrected chi connectivity index (χ3v) is 4.22. The molecule has 4 aliphatic rings. The topological polar surface area (TPSA) is 0 Å². The summed E-state index contributed by atoms with van der Waals surface area (Å²) in [5, 5.41) is 0. The van der Waals surface area contributed by atoms with Gasteiger partial charge in [-0.15, -0.1) is 0 Å². The molecule has 1 fully saturated rings. The second kappa shape index (κ2) is 2.98. The van der Waals surface area contributed by atoms with Crippen molar-refractivity contribution in [3.05, 3.63) is 70.9 Å². The van der Waals surface area contributed by atoms with Gasteiger partial charge in [0.15, 0.2) is 0 Å². The van der Waals surface area contributed by atoms with E-state index in [0.29, 0.717) is 11.8 Å². The van der Waals surface area contributed by atoms with Crippen molar-refractivity contribution in [3.63, 3.8) is 0 Å². The lowest BCUT2D eigenvalue weighted by Crippen LogP contribution is -2.30. The van der Waals surface area contributed by atoms with Crippen LogP contribution < -0.4 is 0 Å². The SMILES string of the molecule is C1=CC2=CC=C3C=CC=C4CCC(=C1)C2C34. The Labute approximate surface area is 96.1 Å². The molecule has 16 heavy (non-hydrogen) atoms. The fraction of sp³-hybridized carbons (Fsp3) is 0.250. The van der Waals surface area contributed by atoms with Crippen molar-refractivity contribution in [1.29, 1.82) is 0 Å².